The van der Waals surface area contributed by atoms with E-state index in [2.05, 4.69) is 15.3 Å². The minimum atomic E-state index is -4.51. The van der Waals surface area contributed by atoms with Crippen LogP contribution in [0.3, 0.4) is 0 Å². The van der Waals surface area contributed by atoms with Crippen LogP contribution in [0.2, 0.25) is 0 Å². The van der Waals surface area contributed by atoms with Crippen LogP contribution in [0.25, 0.3) is 11.1 Å². The number of aromatic nitrogens is 2. The van der Waals surface area contributed by atoms with Gasteiger partial charge in [-0.25, -0.2) is 0 Å². The Labute approximate surface area is 177 Å². The van der Waals surface area contributed by atoms with Crippen LogP contribution in [-0.2, 0) is 17.6 Å². The summed E-state index contributed by atoms with van der Waals surface area (Å²) in [6.07, 6.45) is -1.03. The number of ether oxygens (including phenoxy) is 1. The van der Waals surface area contributed by atoms with E-state index in [0.717, 1.165) is 17.7 Å². The number of hydrogen-bond acceptors (Lipinski definition) is 4. The molecule has 3 aromatic rings. The molecule has 0 saturated carbocycles. The van der Waals surface area contributed by atoms with Crippen LogP contribution in [0.1, 0.15) is 34.9 Å². The van der Waals surface area contributed by atoms with Crippen LogP contribution < -0.4 is 10.1 Å². The molecular weight excluding hydrogens is 407 g/mol. The lowest BCUT2D eigenvalue weighted by molar-refractivity contribution is -0.137. The maximum atomic E-state index is 13.5. The van der Waals surface area contributed by atoms with Crippen molar-refractivity contribution in [3.63, 3.8) is 0 Å². The average molecular weight is 427 g/mol. The van der Waals surface area contributed by atoms with Crippen molar-refractivity contribution in [1.29, 1.82) is 0 Å². The fourth-order valence-electron chi connectivity index (χ4n) is 3.53. The van der Waals surface area contributed by atoms with Crippen LogP contribution in [-0.4, -0.2) is 22.4 Å². The van der Waals surface area contributed by atoms with Gasteiger partial charge >= 0.3 is 6.18 Å². The summed E-state index contributed by atoms with van der Waals surface area (Å²) >= 11 is 0. The van der Waals surface area contributed by atoms with E-state index in [-0.39, 0.29) is 24.2 Å². The smallest absolute Gasteiger partial charge is 0.416 e. The molecule has 5 nitrogen and oxygen atoms in total. The largest absolute Gasteiger partial charge is 0.487 e. The number of carbonyl (C=O) groups excluding carboxylic acids is 1. The van der Waals surface area contributed by atoms with Crippen molar-refractivity contribution in [3.05, 3.63) is 77.4 Å². The zero-order valence-corrected chi connectivity index (χ0v) is 16.7. The molecule has 1 unspecified atom stereocenters. The highest BCUT2D eigenvalue weighted by Crippen LogP contribution is 2.36. The van der Waals surface area contributed by atoms with E-state index in [1.54, 1.807) is 31.3 Å². The number of amides is 1. The highest BCUT2D eigenvalue weighted by molar-refractivity contribution is 5.79. The molecule has 0 radical (unpaired) electrons. The Bertz CT molecular complexity index is 1100. The molecule has 1 aliphatic heterocycles. The summed E-state index contributed by atoms with van der Waals surface area (Å²) in [4.78, 5) is 19.7. The van der Waals surface area contributed by atoms with Crippen LogP contribution in [0.5, 0.6) is 5.75 Å². The Balaban J connectivity index is 1.61. The second kappa shape index (κ2) is 8.37. The first-order chi connectivity index (χ1) is 14.8. The van der Waals surface area contributed by atoms with Crippen molar-refractivity contribution in [1.82, 2.24) is 15.3 Å². The first-order valence-corrected chi connectivity index (χ1v) is 9.78. The molecule has 1 amide bonds. The standard InChI is InChI=1S/C23H20F3N3O2/c1-14-21(28-7-6-27-14)13-31-20-9-17(8-19(11-20)23(24,25)26)15-2-4-16(5-3-15)18-10-22(30)29-12-18/h2-9,11,18H,10,12-13H2,1H3,(H,29,30). The summed E-state index contributed by atoms with van der Waals surface area (Å²) in [5, 5.41) is 2.79. The third-order valence-electron chi connectivity index (χ3n) is 5.29. The Morgan fingerprint density at radius 1 is 1.06 bits per heavy atom. The molecule has 1 atom stereocenters. The summed E-state index contributed by atoms with van der Waals surface area (Å²) in [6, 6.07) is 10.9. The minimum Gasteiger partial charge on any atom is -0.487 e. The van der Waals surface area contributed by atoms with E-state index >= 15 is 0 Å². The second-order valence-corrected chi connectivity index (χ2v) is 7.45. The number of aryl methyl sites for hydroxylation is 1. The van der Waals surface area contributed by atoms with Crippen molar-refractivity contribution < 1.29 is 22.7 Å². The van der Waals surface area contributed by atoms with Gasteiger partial charge in [0.2, 0.25) is 5.91 Å². The second-order valence-electron chi connectivity index (χ2n) is 7.45. The number of hydrogen-bond donors (Lipinski definition) is 1. The van der Waals surface area contributed by atoms with E-state index < -0.39 is 11.7 Å². The summed E-state index contributed by atoms with van der Waals surface area (Å²) in [5.74, 6) is 0.189. The van der Waals surface area contributed by atoms with Crippen LogP contribution in [0.15, 0.2) is 54.9 Å². The van der Waals surface area contributed by atoms with Gasteiger partial charge in [-0.15, -0.1) is 0 Å². The quantitative estimate of drug-likeness (QED) is 0.644. The molecule has 1 saturated heterocycles. The molecule has 8 heteroatoms. The van der Waals surface area contributed by atoms with Gasteiger partial charge in [0.15, 0.2) is 0 Å². The van der Waals surface area contributed by atoms with E-state index in [0.29, 0.717) is 35.5 Å². The maximum Gasteiger partial charge on any atom is 0.416 e. The third-order valence-corrected chi connectivity index (χ3v) is 5.29. The topological polar surface area (TPSA) is 64.1 Å². The highest BCUT2D eigenvalue weighted by atomic mass is 19.4. The van der Waals surface area contributed by atoms with Gasteiger partial charge in [0.1, 0.15) is 12.4 Å². The van der Waals surface area contributed by atoms with E-state index in [9.17, 15) is 18.0 Å². The molecule has 1 aliphatic rings. The molecule has 1 fully saturated rings. The highest BCUT2D eigenvalue weighted by Gasteiger charge is 2.31. The summed E-state index contributed by atoms with van der Waals surface area (Å²) in [7, 11) is 0. The number of nitrogens with zero attached hydrogens (tertiary/aromatic N) is 2. The van der Waals surface area contributed by atoms with Crippen molar-refractivity contribution in [2.45, 2.75) is 32.0 Å². The molecular formula is C23H20F3N3O2. The molecule has 1 aromatic heterocycles. The molecule has 2 heterocycles. The lowest BCUT2D eigenvalue weighted by Gasteiger charge is -2.14. The van der Waals surface area contributed by atoms with Gasteiger partial charge in [-0.05, 0) is 41.8 Å². The molecule has 0 aliphatic carbocycles. The lowest BCUT2D eigenvalue weighted by atomic mass is 9.95. The summed E-state index contributed by atoms with van der Waals surface area (Å²) in [5.41, 5.74) is 2.44. The third kappa shape index (κ3) is 4.84. The number of nitrogens with one attached hydrogen (secondary N) is 1. The lowest BCUT2D eigenvalue weighted by Crippen LogP contribution is -2.13. The molecule has 4 rings (SSSR count). The SMILES string of the molecule is Cc1nccnc1COc1cc(-c2ccc(C3CNC(=O)C3)cc2)cc(C(F)(F)F)c1. The predicted molar refractivity (Wildman–Crippen MR) is 108 cm³/mol. The molecule has 2 aromatic carbocycles. The maximum absolute atomic E-state index is 13.5. The first kappa shape index (κ1) is 20.8. The Hall–Kier alpha value is -3.42. The van der Waals surface area contributed by atoms with E-state index in [1.807, 2.05) is 12.1 Å². The zero-order valence-electron chi connectivity index (χ0n) is 16.7. The first-order valence-electron chi connectivity index (χ1n) is 9.78. The molecule has 0 spiro atoms. The normalized spacial score (nSPS) is 16.3. The van der Waals surface area contributed by atoms with Crippen LogP contribution in [0, 0.1) is 6.92 Å². The van der Waals surface area contributed by atoms with Crippen molar-refractivity contribution in [2.24, 2.45) is 0 Å². The predicted octanol–water partition coefficient (Wildman–Crippen LogP) is 4.65. The summed E-state index contributed by atoms with van der Waals surface area (Å²) in [6.45, 7) is 2.35. The Morgan fingerprint density at radius 3 is 2.45 bits per heavy atom. The van der Waals surface area contributed by atoms with Crippen LogP contribution in [0.4, 0.5) is 13.2 Å². The van der Waals surface area contributed by atoms with Crippen LogP contribution >= 0.6 is 0 Å². The van der Waals surface area contributed by atoms with Crippen molar-refractivity contribution >= 4 is 5.91 Å². The number of benzene rings is 2. The zero-order chi connectivity index (χ0) is 22.0. The number of halogens is 3. The molecule has 0 bridgehead atoms. The van der Waals surface area contributed by atoms with Crippen molar-refractivity contribution in [3.8, 4) is 16.9 Å². The molecule has 1 N–H and O–H groups in total. The van der Waals surface area contributed by atoms with Gasteiger partial charge in [-0.2, -0.15) is 13.2 Å². The van der Waals surface area contributed by atoms with Gasteiger partial charge in [0, 0.05) is 31.3 Å². The summed E-state index contributed by atoms with van der Waals surface area (Å²) < 4.78 is 46.1. The Morgan fingerprint density at radius 2 is 1.81 bits per heavy atom. The number of carbonyl (C=O) groups is 1. The molecule has 31 heavy (non-hydrogen) atoms. The fourth-order valence-corrected chi connectivity index (χ4v) is 3.53. The van der Waals surface area contributed by atoms with Gasteiger partial charge in [-0.1, -0.05) is 24.3 Å². The minimum absolute atomic E-state index is 0.00656. The molecule has 160 valence electrons. The monoisotopic (exact) mass is 427 g/mol. The Kier molecular flexibility index (Phi) is 5.63. The van der Waals surface area contributed by atoms with Gasteiger partial charge in [0.05, 0.1) is 17.0 Å². The van der Waals surface area contributed by atoms with E-state index in [1.165, 1.54) is 6.20 Å². The van der Waals surface area contributed by atoms with Gasteiger partial charge in [0.25, 0.3) is 0 Å². The number of alkyl halides is 3. The van der Waals surface area contributed by atoms with Crippen molar-refractivity contribution in [2.75, 3.05) is 6.54 Å². The van der Waals surface area contributed by atoms with E-state index in [4.69, 9.17) is 4.74 Å². The fraction of sp³-hybridized carbons (Fsp3) is 0.261. The van der Waals surface area contributed by atoms with Gasteiger partial charge < -0.3 is 10.1 Å². The average Bonchev–Trinajstić information content (AvgIpc) is 3.19. The number of rotatable bonds is 5. The van der Waals surface area contributed by atoms with Gasteiger partial charge in [-0.3, -0.25) is 14.8 Å².